The van der Waals surface area contributed by atoms with Gasteiger partial charge in [0.05, 0.1) is 28.1 Å². The maximum absolute atomic E-state index is 13.5. The van der Waals surface area contributed by atoms with Crippen LogP contribution in [0.25, 0.3) is 10.9 Å². The van der Waals surface area contributed by atoms with E-state index in [9.17, 15) is 21.8 Å². The standard InChI is InChI=1S/C21H20ClFN4O5S2/c1-2-32-19-10-17-14(21(25-11-24-17)26-12-3-4-16(23)15(22)7-12)9-18(19)27-20(28)8-13-5-6-33(29)34(13,30)31/h3-4,7,9-11,13H,2,5-6,8H2,1H3,(H,27,28)(H,24,25,26). The third kappa shape index (κ3) is 4.98. The fraction of sp³-hybridized carbons (Fsp3) is 0.286. The Balaban J connectivity index is 1.65. The molecule has 0 spiro atoms. The zero-order valence-electron chi connectivity index (χ0n) is 17.9. The Kier molecular flexibility index (Phi) is 7.01. The lowest BCUT2D eigenvalue weighted by Crippen LogP contribution is -2.24. The average Bonchev–Trinajstić information content (AvgIpc) is 3.04. The number of hydrogen-bond donors (Lipinski definition) is 2. The van der Waals surface area contributed by atoms with Crippen molar-refractivity contribution < 1.29 is 26.5 Å². The van der Waals surface area contributed by atoms with Crippen LogP contribution in [0.5, 0.6) is 5.75 Å². The van der Waals surface area contributed by atoms with Crippen LogP contribution >= 0.6 is 11.6 Å². The SMILES string of the molecule is CCOc1cc2ncnc(Nc3ccc(F)c(Cl)c3)c2cc1NC(=O)CC1CCS(=O)S1(=O)=O. The van der Waals surface area contributed by atoms with E-state index in [2.05, 4.69) is 20.6 Å². The van der Waals surface area contributed by atoms with E-state index < -0.39 is 35.7 Å². The van der Waals surface area contributed by atoms with Gasteiger partial charge in [0.25, 0.3) is 0 Å². The van der Waals surface area contributed by atoms with Crippen LogP contribution in [0, 0.1) is 5.82 Å². The lowest BCUT2D eigenvalue weighted by Gasteiger charge is -2.15. The lowest BCUT2D eigenvalue weighted by atomic mass is 10.1. The van der Waals surface area contributed by atoms with E-state index in [4.69, 9.17) is 16.3 Å². The maximum atomic E-state index is 13.5. The highest BCUT2D eigenvalue weighted by Crippen LogP contribution is 2.34. The predicted octanol–water partition coefficient (Wildman–Crippen LogP) is 3.74. The number of amides is 1. The molecule has 4 rings (SSSR count). The van der Waals surface area contributed by atoms with E-state index in [0.717, 1.165) is 0 Å². The maximum Gasteiger partial charge on any atom is 0.232 e. The molecule has 0 aliphatic carbocycles. The monoisotopic (exact) mass is 526 g/mol. The molecule has 1 saturated heterocycles. The molecular weight excluding hydrogens is 507 g/mol. The Bertz CT molecular complexity index is 1400. The van der Waals surface area contributed by atoms with E-state index in [1.54, 1.807) is 19.1 Å². The van der Waals surface area contributed by atoms with Gasteiger partial charge in [0.15, 0.2) is 0 Å². The van der Waals surface area contributed by atoms with Crippen LogP contribution in [0.4, 0.5) is 21.6 Å². The van der Waals surface area contributed by atoms with Gasteiger partial charge < -0.3 is 15.4 Å². The van der Waals surface area contributed by atoms with Gasteiger partial charge in [-0.1, -0.05) is 11.6 Å². The summed E-state index contributed by atoms with van der Waals surface area (Å²) in [6, 6.07) is 7.36. The summed E-state index contributed by atoms with van der Waals surface area (Å²) in [5.41, 5.74) is 1.30. The van der Waals surface area contributed by atoms with E-state index in [1.807, 2.05) is 0 Å². The van der Waals surface area contributed by atoms with Crippen molar-refractivity contribution in [2.75, 3.05) is 23.0 Å². The number of carbonyl (C=O) groups excluding carboxylic acids is 1. The highest BCUT2D eigenvalue weighted by Gasteiger charge is 2.39. The second-order valence-corrected chi connectivity index (χ2v) is 13.0. The molecule has 2 N–H and O–H groups in total. The average molecular weight is 527 g/mol. The third-order valence-corrected chi connectivity index (χ3v) is 10.6. The molecule has 34 heavy (non-hydrogen) atoms. The molecule has 0 bridgehead atoms. The minimum atomic E-state index is -3.84. The van der Waals surface area contributed by atoms with Gasteiger partial charge in [-0.25, -0.2) is 27.0 Å². The summed E-state index contributed by atoms with van der Waals surface area (Å²) in [6.45, 7) is 2.09. The minimum Gasteiger partial charge on any atom is -0.492 e. The molecule has 13 heteroatoms. The van der Waals surface area contributed by atoms with Crippen molar-refractivity contribution in [2.24, 2.45) is 0 Å². The van der Waals surface area contributed by atoms with Gasteiger partial charge in [-0.2, -0.15) is 0 Å². The number of aromatic nitrogens is 2. The normalized spacial score (nSPS) is 19.1. The number of carbonyl (C=O) groups is 1. The zero-order valence-corrected chi connectivity index (χ0v) is 20.3. The van der Waals surface area contributed by atoms with Crippen molar-refractivity contribution >= 4 is 64.3 Å². The molecule has 3 aromatic rings. The van der Waals surface area contributed by atoms with Gasteiger partial charge in [-0.3, -0.25) is 4.79 Å². The minimum absolute atomic E-state index is 0.0280. The quantitative estimate of drug-likeness (QED) is 0.446. The molecule has 1 aliphatic rings. The Morgan fingerprint density at radius 3 is 2.76 bits per heavy atom. The fourth-order valence-electron chi connectivity index (χ4n) is 3.52. The van der Waals surface area contributed by atoms with Crippen LogP contribution in [0.1, 0.15) is 19.8 Å². The number of fused-ring (bicyclic) bond motifs is 1. The summed E-state index contributed by atoms with van der Waals surface area (Å²) < 4.78 is 55.1. The molecule has 2 heterocycles. The number of nitrogens with zero attached hydrogens (tertiary/aromatic N) is 2. The molecule has 2 unspecified atom stereocenters. The Labute approximate surface area is 201 Å². The van der Waals surface area contributed by atoms with Crippen molar-refractivity contribution in [2.45, 2.75) is 25.0 Å². The van der Waals surface area contributed by atoms with Gasteiger partial charge in [-0.15, -0.1) is 0 Å². The summed E-state index contributed by atoms with van der Waals surface area (Å²) in [7, 11) is -5.81. The van der Waals surface area contributed by atoms with E-state index in [-0.39, 0.29) is 23.6 Å². The van der Waals surface area contributed by atoms with E-state index in [1.165, 1.54) is 24.5 Å². The highest BCUT2D eigenvalue weighted by atomic mass is 35.5. The number of halogens is 2. The molecule has 1 fully saturated rings. The van der Waals surface area contributed by atoms with Gasteiger partial charge in [0.2, 0.25) is 14.8 Å². The van der Waals surface area contributed by atoms with Crippen molar-refractivity contribution in [3.05, 3.63) is 47.5 Å². The number of nitrogens with one attached hydrogen (secondary N) is 2. The van der Waals surface area contributed by atoms with Crippen LogP contribution in [0.3, 0.4) is 0 Å². The van der Waals surface area contributed by atoms with Crippen LogP contribution in [0.15, 0.2) is 36.7 Å². The van der Waals surface area contributed by atoms with Gasteiger partial charge >= 0.3 is 0 Å². The molecule has 9 nitrogen and oxygen atoms in total. The molecule has 0 saturated carbocycles. The Morgan fingerprint density at radius 1 is 1.29 bits per heavy atom. The van der Waals surface area contributed by atoms with Crippen molar-refractivity contribution in [3.8, 4) is 5.75 Å². The summed E-state index contributed by atoms with van der Waals surface area (Å²) in [4.78, 5) is 21.2. The van der Waals surface area contributed by atoms with Crippen molar-refractivity contribution in [1.29, 1.82) is 0 Å². The first-order valence-electron chi connectivity index (χ1n) is 10.2. The number of ether oxygens (including phenoxy) is 1. The number of benzene rings is 2. The summed E-state index contributed by atoms with van der Waals surface area (Å²) in [5, 5.41) is 5.22. The smallest absolute Gasteiger partial charge is 0.232 e. The molecule has 0 radical (unpaired) electrons. The second kappa shape index (κ2) is 9.80. The van der Waals surface area contributed by atoms with Crippen molar-refractivity contribution in [3.63, 3.8) is 0 Å². The van der Waals surface area contributed by atoms with Crippen LogP contribution < -0.4 is 15.4 Å². The highest BCUT2D eigenvalue weighted by molar-refractivity contribution is 8.64. The molecule has 1 amide bonds. The molecule has 2 atom stereocenters. The Morgan fingerprint density at radius 2 is 2.09 bits per heavy atom. The first-order chi connectivity index (χ1) is 16.2. The first-order valence-corrected chi connectivity index (χ1v) is 14.0. The summed E-state index contributed by atoms with van der Waals surface area (Å²) >= 11 is 5.86. The van der Waals surface area contributed by atoms with Crippen molar-refractivity contribution in [1.82, 2.24) is 9.97 Å². The predicted molar refractivity (Wildman–Crippen MR) is 129 cm³/mol. The molecule has 1 aliphatic heterocycles. The van der Waals surface area contributed by atoms with Gasteiger partial charge in [-0.05, 0) is 37.6 Å². The molecule has 2 aromatic carbocycles. The number of hydrogen-bond acceptors (Lipinski definition) is 8. The summed E-state index contributed by atoms with van der Waals surface area (Å²) in [5.74, 6) is -0.361. The van der Waals surface area contributed by atoms with Crippen LogP contribution in [-0.4, -0.2) is 46.1 Å². The zero-order chi connectivity index (χ0) is 24.5. The summed E-state index contributed by atoms with van der Waals surface area (Å²) in [6.07, 6.45) is 1.19. The third-order valence-electron chi connectivity index (χ3n) is 5.18. The molecule has 180 valence electrons. The van der Waals surface area contributed by atoms with Gasteiger partial charge in [0.1, 0.15) is 33.5 Å². The molecular formula is C21H20ClFN4O5S2. The largest absolute Gasteiger partial charge is 0.492 e. The van der Waals surface area contributed by atoms with Crippen LogP contribution in [-0.2, 0) is 23.5 Å². The number of rotatable bonds is 7. The fourth-order valence-corrected chi connectivity index (χ4v) is 8.01. The lowest BCUT2D eigenvalue weighted by molar-refractivity contribution is -0.116. The molecule has 1 aromatic heterocycles. The second-order valence-electron chi connectivity index (χ2n) is 7.44. The van der Waals surface area contributed by atoms with Gasteiger partial charge in [0, 0.05) is 29.3 Å². The number of anilines is 3. The Hall–Kier alpha value is -2.83. The van der Waals surface area contributed by atoms with E-state index in [0.29, 0.717) is 40.5 Å². The van der Waals surface area contributed by atoms with Crippen LogP contribution in [0.2, 0.25) is 5.02 Å². The topological polar surface area (TPSA) is 127 Å². The van der Waals surface area contributed by atoms with E-state index >= 15 is 0 Å². The first kappa shape index (κ1) is 24.3.